The summed E-state index contributed by atoms with van der Waals surface area (Å²) in [4.78, 5) is 23.3. The van der Waals surface area contributed by atoms with Crippen molar-refractivity contribution in [2.75, 3.05) is 0 Å². The summed E-state index contributed by atoms with van der Waals surface area (Å²) >= 11 is 0. The normalized spacial score (nSPS) is 15.7. The molecule has 4 heteroatoms. The summed E-state index contributed by atoms with van der Waals surface area (Å²) in [6.45, 7) is 1.96. The minimum Gasteiger partial charge on any atom is -0.441 e. The number of aryl methyl sites for hydroxylation is 1. The summed E-state index contributed by atoms with van der Waals surface area (Å²) in [6, 6.07) is 7.25. The number of rotatable bonds is 2. The summed E-state index contributed by atoms with van der Waals surface area (Å²) in [5, 5.41) is 0. The maximum Gasteiger partial charge on any atom is 0.205 e. The van der Waals surface area contributed by atoms with E-state index in [-0.39, 0.29) is 23.0 Å². The minimum atomic E-state index is -0.226. The zero-order chi connectivity index (χ0) is 13.1. The van der Waals surface area contributed by atoms with E-state index in [1.54, 1.807) is 12.1 Å². The molecule has 0 atom stereocenters. The van der Waals surface area contributed by atoms with Crippen LogP contribution in [-0.2, 0) is 9.59 Å². The maximum atomic E-state index is 11.7. The summed E-state index contributed by atoms with van der Waals surface area (Å²) in [7, 11) is 0. The molecule has 0 spiro atoms. The van der Waals surface area contributed by atoms with Crippen molar-refractivity contribution in [3.63, 3.8) is 0 Å². The molecular weight excluding hydrogens is 230 g/mol. The highest BCUT2D eigenvalue weighted by molar-refractivity contribution is 6.21. The molecule has 18 heavy (non-hydrogen) atoms. The van der Waals surface area contributed by atoms with Crippen molar-refractivity contribution in [1.29, 1.82) is 0 Å². The van der Waals surface area contributed by atoms with E-state index in [0.29, 0.717) is 25.0 Å². The molecule has 0 aromatic heterocycles. The number of allylic oxidation sites excluding steroid dienone is 1. The van der Waals surface area contributed by atoms with Gasteiger partial charge in [0.25, 0.3) is 0 Å². The van der Waals surface area contributed by atoms with Gasteiger partial charge in [-0.15, -0.1) is 0 Å². The van der Waals surface area contributed by atoms with Gasteiger partial charge in [0, 0.05) is 12.8 Å². The van der Waals surface area contributed by atoms with Crippen LogP contribution in [0, 0.1) is 6.92 Å². The molecule has 0 amide bonds. The molecule has 0 heterocycles. The lowest BCUT2D eigenvalue weighted by Crippen LogP contribution is -2.25. The molecule has 0 unspecified atom stereocenters. The highest BCUT2D eigenvalue weighted by Crippen LogP contribution is 2.20. The molecule has 0 aliphatic heterocycles. The second kappa shape index (κ2) is 5.04. The first kappa shape index (κ1) is 12.4. The zero-order valence-corrected chi connectivity index (χ0v) is 10.2. The van der Waals surface area contributed by atoms with Crippen LogP contribution in [0.1, 0.15) is 24.8 Å². The third-order valence-electron chi connectivity index (χ3n) is 2.86. The summed E-state index contributed by atoms with van der Waals surface area (Å²) in [5.41, 5.74) is 6.83. The fourth-order valence-electron chi connectivity index (χ4n) is 1.87. The molecule has 1 fully saturated rings. The van der Waals surface area contributed by atoms with Gasteiger partial charge >= 0.3 is 0 Å². The summed E-state index contributed by atoms with van der Waals surface area (Å²) in [5.74, 6) is -0.0166. The first-order valence-corrected chi connectivity index (χ1v) is 5.88. The molecule has 2 N–H and O–H groups in total. The number of hydrogen-bond acceptors (Lipinski definition) is 4. The number of ether oxygens (including phenoxy) is 1. The van der Waals surface area contributed by atoms with Crippen molar-refractivity contribution in [1.82, 2.24) is 0 Å². The SMILES string of the molecule is Cc1ccc(OC(N)=C2C(=O)CCCC2=O)cc1. The first-order valence-electron chi connectivity index (χ1n) is 5.88. The molecule has 2 rings (SSSR count). The Bertz CT molecular complexity index is 496. The molecule has 1 aromatic rings. The van der Waals surface area contributed by atoms with E-state index in [0.717, 1.165) is 5.56 Å². The van der Waals surface area contributed by atoms with E-state index < -0.39 is 0 Å². The van der Waals surface area contributed by atoms with Crippen LogP contribution in [-0.4, -0.2) is 11.6 Å². The molecule has 1 saturated carbocycles. The predicted octanol–water partition coefficient (Wildman–Crippen LogP) is 1.87. The van der Waals surface area contributed by atoms with Gasteiger partial charge in [-0.2, -0.15) is 0 Å². The van der Waals surface area contributed by atoms with Crippen LogP contribution in [0.3, 0.4) is 0 Å². The number of ketones is 2. The molecule has 1 aliphatic carbocycles. The van der Waals surface area contributed by atoms with Gasteiger partial charge in [-0.1, -0.05) is 17.7 Å². The second-order valence-corrected chi connectivity index (χ2v) is 4.35. The Labute approximate surface area is 105 Å². The Kier molecular flexibility index (Phi) is 3.46. The number of Topliss-reactive ketones (excluding diaryl/α,β-unsaturated/α-hetero) is 2. The standard InChI is InChI=1S/C14H15NO3/c1-9-5-7-10(8-6-9)18-14(15)13-11(16)3-2-4-12(13)17/h5-8H,2-4,15H2,1H3. The lowest BCUT2D eigenvalue weighted by molar-refractivity contribution is -0.124. The predicted molar refractivity (Wildman–Crippen MR) is 66.9 cm³/mol. The molecule has 0 bridgehead atoms. The number of carbonyl (C=O) groups is 2. The Morgan fingerprint density at radius 1 is 1.11 bits per heavy atom. The number of benzene rings is 1. The van der Waals surface area contributed by atoms with Crippen molar-refractivity contribution in [3.8, 4) is 5.75 Å². The Balaban J connectivity index is 2.24. The van der Waals surface area contributed by atoms with E-state index in [2.05, 4.69) is 0 Å². The van der Waals surface area contributed by atoms with Crippen molar-refractivity contribution in [2.45, 2.75) is 26.2 Å². The Morgan fingerprint density at radius 2 is 1.67 bits per heavy atom. The third kappa shape index (κ3) is 2.59. The third-order valence-corrected chi connectivity index (χ3v) is 2.86. The van der Waals surface area contributed by atoms with Gasteiger partial charge in [0.15, 0.2) is 11.6 Å². The summed E-state index contributed by atoms with van der Waals surface area (Å²) < 4.78 is 5.37. The summed E-state index contributed by atoms with van der Waals surface area (Å²) in [6.07, 6.45) is 1.32. The van der Waals surface area contributed by atoms with Gasteiger partial charge in [0.2, 0.25) is 5.88 Å². The maximum absolute atomic E-state index is 11.7. The van der Waals surface area contributed by atoms with Gasteiger partial charge in [0.05, 0.1) is 0 Å². The van der Waals surface area contributed by atoms with E-state index >= 15 is 0 Å². The molecule has 1 aliphatic rings. The van der Waals surface area contributed by atoms with Crippen LogP contribution in [0.5, 0.6) is 5.75 Å². The van der Waals surface area contributed by atoms with Gasteiger partial charge < -0.3 is 10.5 Å². The quantitative estimate of drug-likeness (QED) is 0.490. The van der Waals surface area contributed by atoms with Gasteiger partial charge in [0.1, 0.15) is 11.3 Å². The fourth-order valence-corrected chi connectivity index (χ4v) is 1.87. The highest BCUT2D eigenvalue weighted by atomic mass is 16.5. The van der Waals surface area contributed by atoms with Crippen molar-refractivity contribution in [3.05, 3.63) is 41.3 Å². The van der Waals surface area contributed by atoms with Gasteiger partial charge in [-0.05, 0) is 25.5 Å². The van der Waals surface area contributed by atoms with Crippen LogP contribution in [0.15, 0.2) is 35.7 Å². The minimum absolute atomic E-state index is 0.0156. The lowest BCUT2D eigenvalue weighted by Gasteiger charge is -2.14. The number of hydrogen-bond donors (Lipinski definition) is 1. The van der Waals surface area contributed by atoms with Gasteiger partial charge in [-0.3, -0.25) is 9.59 Å². The Hall–Kier alpha value is -2.10. The largest absolute Gasteiger partial charge is 0.441 e. The average molecular weight is 245 g/mol. The molecular formula is C14H15NO3. The van der Waals surface area contributed by atoms with E-state index in [4.69, 9.17) is 10.5 Å². The first-order chi connectivity index (χ1) is 8.58. The number of carbonyl (C=O) groups excluding carboxylic acids is 2. The molecule has 1 aromatic carbocycles. The Morgan fingerprint density at radius 3 is 2.22 bits per heavy atom. The van der Waals surface area contributed by atoms with E-state index in [1.807, 2.05) is 19.1 Å². The van der Waals surface area contributed by atoms with Crippen LogP contribution >= 0.6 is 0 Å². The highest BCUT2D eigenvalue weighted by Gasteiger charge is 2.27. The van der Waals surface area contributed by atoms with Crippen LogP contribution < -0.4 is 10.5 Å². The van der Waals surface area contributed by atoms with Crippen molar-refractivity contribution in [2.24, 2.45) is 5.73 Å². The zero-order valence-electron chi connectivity index (χ0n) is 10.2. The average Bonchev–Trinajstić information content (AvgIpc) is 2.32. The van der Waals surface area contributed by atoms with Crippen LogP contribution in [0.2, 0.25) is 0 Å². The number of nitrogens with two attached hydrogens (primary N) is 1. The van der Waals surface area contributed by atoms with Crippen LogP contribution in [0.4, 0.5) is 0 Å². The smallest absolute Gasteiger partial charge is 0.205 e. The van der Waals surface area contributed by atoms with Gasteiger partial charge in [-0.25, -0.2) is 0 Å². The van der Waals surface area contributed by atoms with Crippen LogP contribution in [0.25, 0.3) is 0 Å². The van der Waals surface area contributed by atoms with Crippen molar-refractivity contribution < 1.29 is 14.3 Å². The van der Waals surface area contributed by atoms with E-state index in [9.17, 15) is 9.59 Å². The van der Waals surface area contributed by atoms with E-state index in [1.165, 1.54) is 0 Å². The molecule has 0 radical (unpaired) electrons. The van der Waals surface area contributed by atoms with Crippen molar-refractivity contribution >= 4 is 11.6 Å². The molecule has 0 saturated heterocycles. The monoisotopic (exact) mass is 245 g/mol. The topological polar surface area (TPSA) is 69.4 Å². The lowest BCUT2D eigenvalue weighted by atomic mass is 9.92. The molecule has 4 nitrogen and oxygen atoms in total. The molecule has 94 valence electrons. The fraction of sp³-hybridized carbons (Fsp3) is 0.286. The second-order valence-electron chi connectivity index (χ2n) is 4.35.